The molecule has 1 aliphatic carbocycles. The number of amides is 3. The van der Waals surface area contributed by atoms with E-state index in [9.17, 15) is 14.4 Å². The average molecular weight is 444 g/mol. The molecule has 0 aromatic heterocycles. The third kappa shape index (κ3) is 5.06. The molecule has 32 heavy (non-hydrogen) atoms. The van der Waals surface area contributed by atoms with Crippen LogP contribution in [0.2, 0.25) is 0 Å². The number of benzene rings is 1. The van der Waals surface area contributed by atoms with E-state index >= 15 is 0 Å². The molecular weight excluding hydrogens is 410 g/mol. The Hall–Kier alpha value is -2.61. The molecular formula is C24H33N3O5. The molecule has 1 saturated carbocycles. The van der Waals surface area contributed by atoms with Crippen molar-refractivity contribution in [3.8, 4) is 5.75 Å². The Kier molecular flexibility index (Phi) is 6.98. The molecule has 3 atom stereocenters. The molecule has 2 heterocycles. The number of carbonyl (C=O) groups is 3. The molecule has 2 fully saturated rings. The summed E-state index contributed by atoms with van der Waals surface area (Å²) in [7, 11) is 1.78. The summed E-state index contributed by atoms with van der Waals surface area (Å²) in [6.07, 6.45) is 6.19. The van der Waals surface area contributed by atoms with Crippen LogP contribution in [0, 0.1) is 0 Å². The molecule has 2 N–H and O–H groups in total. The summed E-state index contributed by atoms with van der Waals surface area (Å²) in [6.45, 7) is 2.08. The van der Waals surface area contributed by atoms with Gasteiger partial charge in [-0.15, -0.1) is 0 Å². The summed E-state index contributed by atoms with van der Waals surface area (Å²) in [6, 6.07) is 5.29. The second-order valence-electron chi connectivity index (χ2n) is 9.03. The van der Waals surface area contributed by atoms with Crippen LogP contribution in [0.15, 0.2) is 18.2 Å². The zero-order valence-corrected chi connectivity index (χ0v) is 18.9. The van der Waals surface area contributed by atoms with Gasteiger partial charge in [-0.3, -0.25) is 14.4 Å². The van der Waals surface area contributed by atoms with Crippen molar-refractivity contribution in [3.63, 3.8) is 0 Å². The molecule has 174 valence electrons. The highest BCUT2D eigenvalue weighted by Crippen LogP contribution is 2.32. The van der Waals surface area contributed by atoms with Gasteiger partial charge in [0.2, 0.25) is 11.8 Å². The van der Waals surface area contributed by atoms with Gasteiger partial charge in [-0.25, -0.2) is 0 Å². The molecule has 2 aliphatic heterocycles. The van der Waals surface area contributed by atoms with Crippen LogP contribution in [0.3, 0.4) is 0 Å². The van der Waals surface area contributed by atoms with E-state index in [4.69, 9.17) is 9.47 Å². The maximum absolute atomic E-state index is 13.2. The Labute approximate surface area is 189 Å². The van der Waals surface area contributed by atoms with Gasteiger partial charge in [0.1, 0.15) is 18.5 Å². The van der Waals surface area contributed by atoms with Gasteiger partial charge in [-0.2, -0.15) is 0 Å². The van der Waals surface area contributed by atoms with E-state index < -0.39 is 0 Å². The summed E-state index contributed by atoms with van der Waals surface area (Å²) < 4.78 is 12.2. The smallest absolute Gasteiger partial charge is 0.257 e. The van der Waals surface area contributed by atoms with Gasteiger partial charge in [0, 0.05) is 25.2 Å². The zero-order valence-electron chi connectivity index (χ0n) is 18.9. The predicted molar refractivity (Wildman–Crippen MR) is 120 cm³/mol. The number of nitrogens with zero attached hydrogens (tertiary/aromatic N) is 1. The molecule has 8 nitrogen and oxygen atoms in total. The van der Waals surface area contributed by atoms with Gasteiger partial charge in [0.05, 0.1) is 24.1 Å². The number of ether oxygens (including phenoxy) is 2. The average Bonchev–Trinajstić information content (AvgIpc) is 3.29. The van der Waals surface area contributed by atoms with E-state index in [-0.39, 0.29) is 36.0 Å². The first kappa shape index (κ1) is 22.6. The van der Waals surface area contributed by atoms with E-state index in [0.717, 1.165) is 25.7 Å². The second kappa shape index (κ2) is 9.90. The molecule has 0 spiro atoms. The summed E-state index contributed by atoms with van der Waals surface area (Å²) in [4.78, 5) is 39.1. The lowest BCUT2D eigenvalue weighted by atomic mass is 9.94. The Morgan fingerprint density at radius 2 is 1.91 bits per heavy atom. The van der Waals surface area contributed by atoms with Gasteiger partial charge >= 0.3 is 0 Å². The maximum Gasteiger partial charge on any atom is 0.257 e. The minimum absolute atomic E-state index is 0.0449. The van der Waals surface area contributed by atoms with Crippen molar-refractivity contribution in [3.05, 3.63) is 23.8 Å². The number of carbonyl (C=O) groups excluding carboxylic acids is 3. The van der Waals surface area contributed by atoms with Crippen molar-refractivity contribution >= 4 is 23.4 Å². The summed E-state index contributed by atoms with van der Waals surface area (Å²) in [5.74, 6) is 0.243. The number of anilines is 1. The Balaban J connectivity index is 1.42. The van der Waals surface area contributed by atoms with E-state index in [1.165, 1.54) is 12.8 Å². The van der Waals surface area contributed by atoms with Gasteiger partial charge in [0.15, 0.2) is 0 Å². The molecule has 1 saturated heterocycles. The fourth-order valence-electron chi connectivity index (χ4n) is 4.92. The van der Waals surface area contributed by atoms with Crippen LogP contribution in [0.4, 0.5) is 5.69 Å². The molecule has 0 bridgehead atoms. The van der Waals surface area contributed by atoms with Crippen LogP contribution < -0.4 is 15.4 Å². The Morgan fingerprint density at radius 1 is 1.12 bits per heavy atom. The van der Waals surface area contributed by atoms with Gasteiger partial charge in [0.25, 0.3) is 5.91 Å². The van der Waals surface area contributed by atoms with Crippen molar-refractivity contribution in [2.45, 2.75) is 82.6 Å². The normalized spacial score (nSPS) is 25.8. The number of rotatable bonds is 5. The monoisotopic (exact) mass is 443 g/mol. The third-order valence-electron chi connectivity index (χ3n) is 6.75. The fourth-order valence-corrected chi connectivity index (χ4v) is 4.92. The number of fused-ring (bicyclic) bond motifs is 2. The quantitative estimate of drug-likeness (QED) is 0.729. The Bertz CT molecular complexity index is 867. The zero-order chi connectivity index (χ0) is 22.7. The number of hydrogen-bond acceptors (Lipinski definition) is 5. The molecule has 1 aromatic rings. The fraction of sp³-hybridized carbons (Fsp3) is 0.625. The van der Waals surface area contributed by atoms with Crippen LogP contribution in [0.5, 0.6) is 5.75 Å². The van der Waals surface area contributed by atoms with Gasteiger partial charge in [-0.1, -0.05) is 19.8 Å². The number of likely N-dealkylation sites (N-methyl/N-ethyl adjacent to an activating group) is 1. The van der Waals surface area contributed by atoms with Gasteiger partial charge in [-0.05, 0) is 43.9 Å². The third-order valence-corrected chi connectivity index (χ3v) is 6.75. The summed E-state index contributed by atoms with van der Waals surface area (Å²) >= 11 is 0. The topological polar surface area (TPSA) is 97.0 Å². The van der Waals surface area contributed by atoms with Crippen LogP contribution in [-0.4, -0.2) is 60.6 Å². The summed E-state index contributed by atoms with van der Waals surface area (Å²) in [5, 5.41) is 5.92. The second-order valence-corrected chi connectivity index (χ2v) is 9.03. The van der Waals surface area contributed by atoms with Crippen LogP contribution in [0.25, 0.3) is 0 Å². The van der Waals surface area contributed by atoms with Crippen molar-refractivity contribution in [2.24, 2.45) is 0 Å². The van der Waals surface area contributed by atoms with Crippen molar-refractivity contribution in [2.75, 3.05) is 19.0 Å². The first-order chi connectivity index (χ1) is 15.4. The highest BCUT2D eigenvalue weighted by atomic mass is 16.5. The lowest BCUT2D eigenvalue weighted by Crippen LogP contribution is -2.54. The number of nitrogens with one attached hydrogen (secondary N) is 2. The van der Waals surface area contributed by atoms with Crippen molar-refractivity contribution in [1.29, 1.82) is 0 Å². The lowest BCUT2D eigenvalue weighted by molar-refractivity contribution is -0.134. The van der Waals surface area contributed by atoms with Crippen molar-refractivity contribution < 1.29 is 23.9 Å². The minimum atomic E-state index is -0.297. The van der Waals surface area contributed by atoms with E-state index in [1.54, 1.807) is 37.1 Å². The predicted octanol–water partition coefficient (Wildman–Crippen LogP) is 2.86. The standard InChI is InChI=1S/C24H33N3O5/c1-3-22(28)26-16-8-11-20-18(12-16)24(30)27(2)19-10-9-17(32-21(19)14-31-20)13-23(29)25-15-6-4-5-7-15/h8,11-12,15,17,19,21H,3-7,9-10,13-14H2,1-2H3,(H,25,29)(H,26,28)/t17-,19-,21-/m0/s1. The molecule has 3 amide bonds. The Morgan fingerprint density at radius 3 is 2.66 bits per heavy atom. The summed E-state index contributed by atoms with van der Waals surface area (Å²) in [5.41, 5.74) is 1.00. The first-order valence-corrected chi connectivity index (χ1v) is 11.7. The van der Waals surface area contributed by atoms with E-state index in [1.807, 2.05) is 0 Å². The van der Waals surface area contributed by atoms with E-state index in [2.05, 4.69) is 10.6 Å². The number of hydrogen-bond donors (Lipinski definition) is 2. The minimum Gasteiger partial charge on any atom is -0.490 e. The molecule has 0 radical (unpaired) electrons. The first-order valence-electron chi connectivity index (χ1n) is 11.7. The van der Waals surface area contributed by atoms with Crippen LogP contribution in [-0.2, 0) is 14.3 Å². The van der Waals surface area contributed by atoms with Crippen LogP contribution in [0.1, 0.15) is 68.6 Å². The maximum atomic E-state index is 13.2. The highest BCUT2D eigenvalue weighted by molar-refractivity contribution is 5.99. The molecule has 0 unspecified atom stereocenters. The largest absolute Gasteiger partial charge is 0.490 e. The van der Waals surface area contributed by atoms with Crippen molar-refractivity contribution in [1.82, 2.24) is 10.2 Å². The van der Waals surface area contributed by atoms with Gasteiger partial charge < -0.3 is 25.0 Å². The highest BCUT2D eigenvalue weighted by Gasteiger charge is 2.39. The molecule has 8 heteroatoms. The molecule has 4 rings (SSSR count). The lowest BCUT2D eigenvalue weighted by Gasteiger charge is -2.42. The van der Waals surface area contributed by atoms with E-state index in [0.29, 0.717) is 42.5 Å². The van der Waals surface area contributed by atoms with Crippen LogP contribution >= 0.6 is 0 Å². The molecule has 1 aromatic carbocycles. The SMILES string of the molecule is CCC(=O)Nc1ccc2c(c1)C(=O)N(C)[C@H]1CC[C@@H](CC(=O)NC3CCCC3)O[C@H]1CO2. The molecule has 3 aliphatic rings.